The number of amides is 1. The second kappa shape index (κ2) is 3.71. The van der Waals surface area contributed by atoms with E-state index in [1.807, 2.05) is 11.9 Å². The van der Waals surface area contributed by atoms with Crippen LogP contribution in [0.4, 0.5) is 9.18 Å². The summed E-state index contributed by atoms with van der Waals surface area (Å²) in [5, 5.41) is 8.62. The van der Waals surface area contributed by atoms with Crippen molar-refractivity contribution in [3.63, 3.8) is 0 Å². The van der Waals surface area contributed by atoms with Crippen molar-refractivity contribution in [3.05, 3.63) is 0 Å². The number of carbonyl (C=O) groups is 1. The van der Waals surface area contributed by atoms with E-state index in [1.165, 1.54) is 4.90 Å². The van der Waals surface area contributed by atoms with Gasteiger partial charge < -0.3 is 10.0 Å². The Morgan fingerprint density at radius 1 is 1.67 bits per heavy atom. The molecule has 1 unspecified atom stereocenters. The summed E-state index contributed by atoms with van der Waals surface area (Å²) in [5.74, 6) is 0. The van der Waals surface area contributed by atoms with Gasteiger partial charge in [-0.3, -0.25) is 4.90 Å². The van der Waals surface area contributed by atoms with Crippen LogP contribution in [0.1, 0.15) is 0 Å². The van der Waals surface area contributed by atoms with E-state index in [2.05, 4.69) is 0 Å². The lowest BCUT2D eigenvalue weighted by atomic mass is 10.2. The van der Waals surface area contributed by atoms with Crippen molar-refractivity contribution in [2.24, 2.45) is 0 Å². The van der Waals surface area contributed by atoms with Crippen molar-refractivity contribution in [2.45, 2.75) is 6.04 Å². The minimum atomic E-state index is -0.957. The molecular formula is C7H13FN2O2. The molecule has 5 heteroatoms. The van der Waals surface area contributed by atoms with E-state index < -0.39 is 12.8 Å². The predicted octanol–water partition coefficient (Wildman–Crippen LogP) is 0.250. The van der Waals surface area contributed by atoms with Crippen molar-refractivity contribution in [2.75, 3.05) is 33.4 Å². The van der Waals surface area contributed by atoms with Crippen LogP contribution in [0.2, 0.25) is 0 Å². The maximum Gasteiger partial charge on any atom is 0.407 e. The maximum atomic E-state index is 12.3. The van der Waals surface area contributed by atoms with Gasteiger partial charge in [-0.2, -0.15) is 0 Å². The van der Waals surface area contributed by atoms with Crippen molar-refractivity contribution in [1.29, 1.82) is 0 Å². The van der Waals surface area contributed by atoms with Crippen LogP contribution in [0.3, 0.4) is 0 Å². The van der Waals surface area contributed by atoms with Gasteiger partial charge in [-0.05, 0) is 7.05 Å². The zero-order chi connectivity index (χ0) is 9.14. The van der Waals surface area contributed by atoms with Gasteiger partial charge in [0.1, 0.15) is 6.67 Å². The summed E-state index contributed by atoms with van der Waals surface area (Å²) < 4.78 is 12.3. The van der Waals surface area contributed by atoms with Gasteiger partial charge in [0.25, 0.3) is 0 Å². The fourth-order valence-electron chi connectivity index (χ4n) is 1.29. The van der Waals surface area contributed by atoms with Crippen LogP contribution in [-0.4, -0.2) is 60.4 Å². The third-order valence-electron chi connectivity index (χ3n) is 2.23. The summed E-state index contributed by atoms with van der Waals surface area (Å²) in [6.07, 6.45) is -0.957. The first-order valence-electron chi connectivity index (χ1n) is 3.89. The van der Waals surface area contributed by atoms with Crippen LogP contribution in [0.15, 0.2) is 0 Å². The molecule has 0 spiro atoms. The molecule has 0 aromatic carbocycles. The Morgan fingerprint density at radius 3 is 2.83 bits per heavy atom. The van der Waals surface area contributed by atoms with Gasteiger partial charge in [0.15, 0.2) is 0 Å². The number of likely N-dealkylation sites (N-methyl/N-ethyl adjacent to an activating group) is 1. The van der Waals surface area contributed by atoms with E-state index in [9.17, 15) is 9.18 Å². The van der Waals surface area contributed by atoms with E-state index >= 15 is 0 Å². The largest absolute Gasteiger partial charge is 0.465 e. The van der Waals surface area contributed by atoms with Crippen molar-refractivity contribution >= 4 is 6.09 Å². The number of alkyl halides is 1. The standard InChI is InChI=1S/C7H13FN2O2/c1-9-2-3-10(7(11)12)5-6(9)4-8/h6H,2-5H2,1H3,(H,11,12). The second-order valence-corrected chi connectivity index (χ2v) is 3.02. The molecule has 0 aromatic rings. The number of piperazine rings is 1. The van der Waals surface area contributed by atoms with Crippen LogP contribution < -0.4 is 0 Å². The molecule has 12 heavy (non-hydrogen) atoms. The quantitative estimate of drug-likeness (QED) is 0.622. The molecule has 70 valence electrons. The normalized spacial score (nSPS) is 25.8. The zero-order valence-electron chi connectivity index (χ0n) is 7.03. The highest BCUT2D eigenvalue weighted by Gasteiger charge is 2.26. The number of hydrogen-bond acceptors (Lipinski definition) is 2. The van der Waals surface area contributed by atoms with Crippen LogP contribution >= 0.6 is 0 Å². The summed E-state index contributed by atoms with van der Waals surface area (Å²) in [7, 11) is 1.81. The molecular weight excluding hydrogens is 163 g/mol. The van der Waals surface area contributed by atoms with E-state index in [4.69, 9.17) is 5.11 Å². The number of nitrogens with zero attached hydrogens (tertiary/aromatic N) is 2. The summed E-state index contributed by atoms with van der Waals surface area (Å²) in [4.78, 5) is 13.6. The minimum Gasteiger partial charge on any atom is -0.465 e. The molecule has 0 saturated carbocycles. The Hall–Kier alpha value is -0.840. The molecule has 1 N–H and O–H groups in total. The van der Waals surface area contributed by atoms with E-state index in [1.54, 1.807) is 0 Å². The first kappa shape index (κ1) is 9.25. The third kappa shape index (κ3) is 1.85. The van der Waals surface area contributed by atoms with E-state index in [-0.39, 0.29) is 12.6 Å². The molecule has 1 saturated heterocycles. The molecule has 0 bridgehead atoms. The van der Waals surface area contributed by atoms with Crippen LogP contribution in [-0.2, 0) is 0 Å². The van der Waals surface area contributed by atoms with Crippen LogP contribution in [0, 0.1) is 0 Å². The molecule has 1 atom stereocenters. The van der Waals surface area contributed by atoms with Crippen molar-refractivity contribution < 1.29 is 14.3 Å². The van der Waals surface area contributed by atoms with Gasteiger partial charge in [0.05, 0.1) is 6.04 Å². The molecule has 1 rings (SSSR count). The van der Waals surface area contributed by atoms with Crippen LogP contribution in [0.5, 0.6) is 0 Å². The lowest BCUT2D eigenvalue weighted by Crippen LogP contribution is -2.53. The van der Waals surface area contributed by atoms with Crippen molar-refractivity contribution in [3.8, 4) is 0 Å². The van der Waals surface area contributed by atoms with E-state index in [0.29, 0.717) is 13.1 Å². The zero-order valence-corrected chi connectivity index (χ0v) is 7.03. The van der Waals surface area contributed by atoms with Gasteiger partial charge in [-0.15, -0.1) is 0 Å². The lowest BCUT2D eigenvalue weighted by Gasteiger charge is -2.36. The Kier molecular flexibility index (Phi) is 2.86. The first-order valence-corrected chi connectivity index (χ1v) is 3.89. The fraction of sp³-hybridized carbons (Fsp3) is 0.857. The number of hydrogen-bond donors (Lipinski definition) is 1. The van der Waals surface area contributed by atoms with Gasteiger partial charge in [-0.1, -0.05) is 0 Å². The highest BCUT2D eigenvalue weighted by atomic mass is 19.1. The van der Waals surface area contributed by atoms with Gasteiger partial charge in [0.2, 0.25) is 0 Å². The molecule has 1 aliphatic heterocycles. The Labute approximate surface area is 70.6 Å². The smallest absolute Gasteiger partial charge is 0.407 e. The van der Waals surface area contributed by atoms with Crippen molar-refractivity contribution in [1.82, 2.24) is 9.80 Å². The molecule has 0 radical (unpaired) electrons. The number of carboxylic acid groups (broad SMARTS) is 1. The highest BCUT2D eigenvalue weighted by Crippen LogP contribution is 2.07. The van der Waals surface area contributed by atoms with Gasteiger partial charge in [0, 0.05) is 19.6 Å². The average molecular weight is 176 g/mol. The molecule has 4 nitrogen and oxygen atoms in total. The monoisotopic (exact) mass is 176 g/mol. The molecule has 1 amide bonds. The summed E-state index contributed by atoms with van der Waals surface area (Å²) >= 11 is 0. The molecule has 1 heterocycles. The summed E-state index contributed by atoms with van der Waals surface area (Å²) in [6.45, 7) is 0.881. The number of halogens is 1. The van der Waals surface area contributed by atoms with Gasteiger partial charge in [-0.25, -0.2) is 9.18 Å². The molecule has 1 aliphatic rings. The molecule has 0 aromatic heterocycles. The lowest BCUT2D eigenvalue weighted by molar-refractivity contribution is 0.0731. The Morgan fingerprint density at radius 2 is 2.33 bits per heavy atom. The van der Waals surface area contributed by atoms with Gasteiger partial charge >= 0.3 is 6.09 Å². The second-order valence-electron chi connectivity index (χ2n) is 3.02. The Balaban J connectivity index is 2.49. The third-order valence-corrected chi connectivity index (χ3v) is 2.23. The fourth-order valence-corrected chi connectivity index (χ4v) is 1.29. The first-order chi connectivity index (χ1) is 5.65. The summed E-state index contributed by atoms with van der Waals surface area (Å²) in [6, 6.07) is -0.269. The number of rotatable bonds is 1. The maximum absolute atomic E-state index is 12.3. The SMILES string of the molecule is CN1CCN(C(=O)O)CC1CF. The average Bonchev–Trinajstić information content (AvgIpc) is 2.05. The van der Waals surface area contributed by atoms with E-state index in [0.717, 1.165) is 0 Å². The molecule has 0 aliphatic carbocycles. The predicted molar refractivity (Wildman–Crippen MR) is 42.0 cm³/mol. The Bertz CT molecular complexity index is 177. The summed E-state index contributed by atoms with van der Waals surface area (Å²) in [5.41, 5.74) is 0. The molecule has 1 fully saturated rings. The van der Waals surface area contributed by atoms with Crippen LogP contribution in [0.25, 0.3) is 0 Å². The minimum absolute atomic E-state index is 0.269. The topological polar surface area (TPSA) is 43.8 Å². The highest BCUT2D eigenvalue weighted by molar-refractivity contribution is 5.65.